The topological polar surface area (TPSA) is 96.0 Å². The maximum absolute atomic E-state index is 12.5. The first kappa shape index (κ1) is 20.3. The highest BCUT2D eigenvalue weighted by atomic mass is 32.2. The Bertz CT molecular complexity index is 895. The van der Waals surface area contributed by atoms with E-state index in [-0.39, 0.29) is 30.5 Å². The smallest absolute Gasteiger partial charge is 0.227 e. The summed E-state index contributed by atoms with van der Waals surface area (Å²) in [6, 6.07) is 6.10. The molecule has 158 valence electrons. The molecule has 1 N–H and O–H groups in total. The largest absolute Gasteiger partial charge is 0.379 e. The molecule has 9 heteroatoms. The fourth-order valence-corrected chi connectivity index (χ4v) is 5.58. The summed E-state index contributed by atoms with van der Waals surface area (Å²) >= 11 is 0. The van der Waals surface area contributed by atoms with E-state index in [0.29, 0.717) is 32.8 Å². The summed E-state index contributed by atoms with van der Waals surface area (Å²) < 4.78 is 31.2. The van der Waals surface area contributed by atoms with Crippen LogP contribution in [0.4, 0.5) is 5.69 Å². The van der Waals surface area contributed by atoms with E-state index in [1.165, 1.54) is 15.4 Å². The van der Waals surface area contributed by atoms with Gasteiger partial charge < -0.3 is 15.0 Å². The highest BCUT2D eigenvalue weighted by molar-refractivity contribution is 7.89. The quantitative estimate of drug-likeness (QED) is 0.713. The summed E-state index contributed by atoms with van der Waals surface area (Å²) in [4.78, 5) is 26.6. The number of hydrogen-bond acceptors (Lipinski definition) is 5. The van der Waals surface area contributed by atoms with Crippen molar-refractivity contribution < 1.29 is 22.7 Å². The Kier molecular flexibility index (Phi) is 5.89. The van der Waals surface area contributed by atoms with Crippen LogP contribution in [0, 0.1) is 5.92 Å². The molecule has 2 aliphatic heterocycles. The van der Waals surface area contributed by atoms with E-state index in [1.54, 1.807) is 4.90 Å². The Morgan fingerprint density at radius 1 is 1.17 bits per heavy atom. The van der Waals surface area contributed by atoms with Crippen molar-refractivity contribution in [2.75, 3.05) is 50.0 Å². The van der Waals surface area contributed by atoms with Gasteiger partial charge in [0.15, 0.2) is 0 Å². The molecule has 0 spiro atoms. The summed E-state index contributed by atoms with van der Waals surface area (Å²) in [6.45, 7) is 1.87. The number of morpholine rings is 1. The van der Waals surface area contributed by atoms with Crippen LogP contribution in [0.15, 0.2) is 18.2 Å². The van der Waals surface area contributed by atoms with Crippen LogP contribution in [0.1, 0.15) is 24.0 Å². The van der Waals surface area contributed by atoms with Crippen LogP contribution < -0.4 is 10.2 Å². The molecular weight excluding hydrogens is 394 g/mol. The molecule has 1 aromatic carbocycles. The lowest BCUT2D eigenvalue weighted by atomic mass is 10.1. The second-order valence-electron chi connectivity index (χ2n) is 7.83. The molecule has 8 nitrogen and oxygen atoms in total. The summed E-state index contributed by atoms with van der Waals surface area (Å²) in [5, 5.41) is 2.70. The first-order valence-corrected chi connectivity index (χ1v) is 11.8. The average Bonchev–Trinajstić information content (AvgIpc) is 3.34. The van der Waals surface area contributed by atoms with Crippen LogP contribution >= 0.6 is 0 Å². The van der Waals surface area contributed by atoms with Gasteiger partial charge in [0.05, 0.1) is 24.9 Å². The van der Waals surface area contributed by atoms with E-state index >= 15 is 0 Å². The third kappa shape index (κ3) is 4.46. The van der Waals surface area contributed by atoms with E-state index in [0.717, 1.165) is 24.9 Å². The predicted molar refractivity (Wildman–Crippen MR) is 108 cm³/mol. The molecule has 3 aliphatic rings. The fraction of sp³-hybridized carbons (Fsp3) is 0.600. The number of nitrogens with one attached hydrogen (secondary N) is 1. The summed E-state index contributed by atoms with van der Waals surface area (Å²) in [5.74, 6) is -0.932. The normalized spacial score (nSPS) is 22.7. The Morgan fingerprint density at radius 3 is 2.72 bits per heavy atom. The molecular formula is C20H27N3O5S. The van der Waals surface area contributed by atoms with E-state index < -0.39 is 15.9 Å². The Hall–Kier alpha value is -1.97. The Balaban J connectivity index is 1.30. The minimum atomic E-state index is -3.41. The number of carbonyl (C=O) groups is 2. The van der Waals surface area contributed by atoms with Crippen LogP contribution in [-0.4, -0.2) is 69.7 Å². The molecule has 4 rings (SSSR count). The van der Waals surface area contributed by atoms with Crippen molar-refractivity contribution in [1.29, 1.82) is 0 Å². The number of ether oxygens (including phenoxy) is 1. The van der Waals surface area contributed by atoms with Gasteiger partial charge in [-0.25, -0.2) is 8.42 Å². The van der Waals surface area contributed by atoms with Gasteiger partial charge in [0.25, 0.3) is 0 Å². The average molecular weight is 422 g/mol. The highest BCUT2D eigenvalue weighted by Gasteiger charge is 2.35. The maximum atomic E-state index is 12.5. The minimum absolute atomic E-state index is 0.0437. The number of benzene rings is 1. The van der Waals surface area contributed by atoms with Crippen LogP contribution in [0.2, 0.25) is 0 Å². The van der Waals surface area contributed by atoms with Gasteiger partial charge in [0.2, 0.25) is 21.8 Å². The lowest BCUT2D eigenvalue weighted by Crippen LogP contribution is -2.44. The Labute approximate surface area is 171 Å². The van der Waals surface area contributed by atoms with Crippen LogP contribution in [-0.2, 0) is 37.2 Å². The maximum Gasteiger partial charge on any atom is 0.227 e. The number of aryl methyl sites for hydroxylation is 2. The lowest BCUT2D eigenvalue weighted by molar-refractivity contribution is -0.126. The molecule has 2 saturated heterocycles. The molecule has 0 aromatic heterocycles. The SMILES string of the molecule is O=C(NCCS(=O)(=O)N1CCOCC1)C1CC(=O)N(c2ccc3c(c2)CCC3)C1. The first-order chi connectivity index (χ1) is 13.9. The van der Waals surface area contributed by atoms with Crippen LogP contribution in [0.5, 0.6) is 0 Å². The molecule has 1 unspecified atom stereocenters. The standard InChI is InChI=1S/C20H27N3O5S/c24-19-13-17(14-23(19)18-5-4-15-2-1-3-16(15)12-18)20(25)21-6-11-29(26,27)22-7-9-28-10-8-22/h4-5,12,17H,1-3,6-11,13-14H2,(H,21,25). The van der Waals surface area contributed by atoms with Crippen molar-refractivity contribution in [2.24, 2.45) is 5.92 Å². The lowest BCUT2D eigenvalue weighted by Gasteiger charge is -2.26. The summed E-state index contributed by atoms with van der Waals surface area (Å²) in [6.07, 6.45) is 3.42. The van der Waals surface area contributed by atoms with Gasteiger partial charge >= 0.3 is 0 Å². The van der Waals surface area contributed by atoms with Crippen molar-refractivity contribution in [3.63, 3.8) is 0 Å². The van der Waals surface area contributed by atoms with Crippen LogP contribution in [0.25, 0.3) is 0 Å². The second-order valence-corrected chi connectivity index (χ2v) is 9.92. The van der Waals surface area contributed by atoms with E-state index in [2.05, 4.69) is 17.4 Å². The number of hydrogen-bond donors (Lipinski definition) is 1. The van der Waals surface area contributed by atoms with Gasteiger partial charge in [-0.2, -0.15) is 4.31 Å². The molecule has 2 amide bonds. The molecule has 2 heterocycles. The van der Waals surface area contributed by atoms with Crippen molar-refractivity contribution >= 4 is 27.5 Å². The highest BCUT2D eigenvalue weighted by Crippen LogP contribution is 2.30. The predicted octanol–water partition coefficient (Wildman–Crippen LogP) is 0.306. The minimum Gasteiger partial charge on any atom is -0.379 e. The van der Waals surface area contributed by atoms with Gasteiger partial charge in [0, 0.05) is 38.3 Å². The number of amides is 2. The number of sulfonamides is 1. The van der Waals surface area contributed by atoms with Crippen molar-refractivity contribution in [2.45, 2.75) is 25.7 Å². The molecule has 0 bridgehead atoms. The third-order valence-electron chi connectivity index (χ3n) is 5.91. The molecule has 0 radical (unpaired) electrons. The molecule has 1 aliphatic carbocycles. The van der Waals surface area contributed by atoms with Gasteiger partial charge in [-0.3, -0.25) is 9.59 Å². The van der Waals surface area contributed by atoms with Crippen molar-refractivity contribution in [3.8, 4) is 0 Å². The third-order valence-corrected chi connectivity index (χ3v) is 7.78. The summed E-state index contributed by atoms with van der Waals surface area (Å²) in [7, 11) is -3.41. The Morgan fingerprint density at radius 2 is 1.93 bits per heavy atom. The number of fused-ring (bicyclic) bond motifs is 1. The number of carbonyl (C=O) groups excluding carboxylic acids is 2. The zero-order chi connectivity index (χ0) is 20.4. The fourth-order valence-electron chi connectivity index (χ4n) is 4.26. The van der Waals surface area contributed by atoms with Crippen LogP contribution in [0.3, 0.4) is 0 Å². The molecule has 2 fully saturated rings. The van der Waals surface area contributed by atoms with Gasteiger partial charge in [-0.15, -0.1) is 0 Å². The molecule has 1 aromatic rings. The zero-order valence-corrected chi connectivity index (χ0v) is 17.2. The van der Waals surface area contributed by atoms with E-state index in [4.69, 9.17) is 4.74 Å². The number of rotatable bonds is 6. The van der Waals surface area contributed by atoms with Gasteiger partial charge in [-0.1, -0.05) is 6.07 Å². The van der Waals surface area contributed by atoms with Gasteiger partial charge in [0.1, 0.15) is 0 Å². The molecule has 29 heavy (non-hydrogen) atoms. The molecule has 1 atom stereocenters. The van der Waals surface area contributed by atoms with E-state index in [1.807, 2.05) is 6.07 Å². The zero-order valence-electron chi connectivity index (χ0n) is 16.4. The first-order valence-electron chi connectivity index (χ1n) is 10.2. The summed E-state index contributed by atoms with van der Waals surface area (Å²) in [5.41, 5.74) is 3.48. The van der Waals surface area contributed by atoms with E-state index in [9.17, 15) is 18.0 Å². The monoisotopic (exact) mass is 421 g/mol. The second kappa shape index (κ2) is 8.41. The number of nitrogens with zero attached hydrogens (tertiary/aromatic N) is 2. The van der Waals surface area contributed by atoms with Crippen molar-refractivity contribution in [3.05, 3.63) is 29.3 Å². The van der Waals surface area contributed by atoms with Crippen molar-refractivity contribution in [1.82, 2.24) is 9.62 Å². The molecule has 0 saturated carbocycles. The number of anilines is 1. The van der Waals surface area contributed by atoms with Gasteiger partial charge in [-0.05, 0) is 42.5 Å².